The van der Waals surface area contributed by atoms with Gasteiger partial charge < -0.3 is 10.7 Å². The minimum absolute atomic E-state index is 0.420. The number of carbonyl (C=O) groups excluding carboxylic acids is 1. The number of amides is 1. The summed E-state index contributed by atoms with van der Waals surface area (Å²) in [5, 5.41) is 8.51. The molecule has 7 heteroatoms. The molecule has 1 rings (SSSR count). The van der Waals surface area contributed by atoms with Crippen molar-refractivity contribution >= 4 is 5.91 Å². The second-order valence-corrected chi connectivity index (χ2v) is 2.60. The molecule has 0 aromatic carbocycles. The molecule has 3 N–H and O–H groups in total. The maximum atomic E-state index is 12.3. The van der Waals surface area contributed by atoms with Crippen LogP contribution >= 0.6 is 0 Å². The Bertz CT molecular complexity index is 502. The average molecular weight is 213 g/mol. The van der Waals surface area contributed by atoms with Crippen LogP contribution in [-0.4, -0.2) is 10.9 Å². The molecule has 0 saturated carbocycles. The molecular formula is C8H5F2N3O2. The van der Waals surface area contributed by atoms with Crippen molar-refractivity contribution in [1.82, 2.24) is 4.98 Å². The van der Waals surface area contributed by atoms with E-state index in [4.69, 9.17) is 11.0 Å². The van der Waals surface area contributed by atoms with Gasteiger partial charge in [-0.1, -0.05) is 0 Å². The number of nitriles is 1. The zero-order chi connectivity index (χ0) is 11.6. The third-order valence-corrected chi connectivity index (χ3v) is 1.70. The predicted molar refractivity (Wildman–Crippen MR) is 45.3 cm³/mol. The van der Waals surface area contributed by atoms with Crippen LogP contribution in [0.1, 0.15) is 28.0 Å². The molecule has 0 radical (unpaired) electrons. The van der Waals surface area contributed by atoms with Gasteiger partial charge in [0.2, 0.25) is 5.43 Å². The number of hydrogen-bond acceptors (Lipinski definition) is 3. The number of hydrogen-bond donors (Lipinski definition) is 2. The summed E-state index contributed by atoms with van der Waals surface area (Å²) >= 11 is 0. The summed E-state index contributed by atoms with van der Waals surface area (Å²) in [7, 11) is 0. The molecule has 1 aromatic heterocycles. The molecule has 0 spiro atoms. The smallest absolute Gasteiger partial charge is 0.269 e. The van der Waals surface area contributed by atoms with Gasteiger partial charge in [0, 0.05) is 6.20 Å². The summed E-state index contributed by atoms with van der Waals surface area (Å²) in [6.07, 6.45) is -2.34. The van der Waals surface area contributed by atoms with E-state index in [1.807, 2.05) is 0 Å². The Morgan fingerprint density at radius 3 is 2.60 bits per heavy atom. The molecule has 0 unspecified atom stereocenters. The third kappa shape index (κ3) is 1.83. The maximum Gasteiger partial charge on any atom is 0.269 e. The van der Waals surface area contributed by atoms with Crippen molar-refractivity contribution in [3.05, 3.63) is 33.2 Å². The molecular weight excluding hydrogens is 208 g/mol. The molecule has 0 atom stereocenters. The Morgan fingerprint density at radius 2 is 2.20 bits per heavy atom. The number of nitrogens with zero attached hydrogens (tertiary/aromatic N) is 1. The lowest BCUT2D eigenvalue weighted by atomic mass is 10.1. The van der Waals surface area contributed by atoms with Crippen molar-refractivity contribution in [2.45, 2.75) is 6.43 Å². The van der Waals surface area contributed by atoms with Gasteiger partial charge in [-0.05, 0) is 0 Å². The van der Waals surface area contributed by atoms with Gasteiger partial charge in [-0.15, -0.1) is 0 Å². The zero-order valence-electron chi connectivity index (χ0n) is 7.25. The minimum Gasteiger partial charge on any atom is -0.365 e. The van der Waals surface area contributed by atoms with E-state index in [9.17, 15) is 18.4 Å². The van der Waals surface area contributed by atoms with Crippen molar-refractivity contribution < 1.29 is 13.6 Å². The van der Waals surface area contributed by atoms with Crippen LogP contribution in [0, 0.1) is 11.3 Å². The van der Waals surface area contributed by atoms with Crippen LogP contribution in [0.3, 0.4) is 0 Å². The Morgan fingerprint density at radius 1 is 1.60 bits per heavy atom. The molecule has 1 heterocycles. The normalized spacial score (nSPS) is 10.0. The number of pyridine rings is 1. The van der Waals surface area contributed by atoms with Gasteiger partial charge in [-0.25, -0.2) is 8.78 Å². The van der Waals surface area contributed by atoms with Gasteiger partial charge in [-0.3, -0.25) is 9.59 Å². The number of primary amides is 1. The number of carbonyl (C=O) groups is 1. The molecule has 15 heavy (non-hydrogen) atoms. The molecule has 78 valence electrons. The van der Waals surface area contributed by atoms with Crippen LogP contribution in [0.25, 0.3) is 0 Å². The molecule has 0 saturated heterocycles. The monoisotopic (exact) mass is 213 g/mol. The van der Waals surface area contributed by atoms with Crippen LogP contribution in [-0.2, 0) is 0 Å². The van der Waals surface area contributed by atoms with Crippen molar-refractivity contribution in [3.63, 3.8) is 0 Å². The van der Waals surface area contributed by atoms with E-state index < -0.39 is 34.6 Å². The van der Waals surface area contributed by atoms with E-state index in [-0.39, 0.29) is 0 Å². The van der Waals surface area contributed by atoms with Gasteiger partial charge in [0.15, 0.2) is 0 Å². The summed E-state index contributed by atoms with van der Waals surface area (Å²) in [5.41, 5.74) is 1.54. The van der Waals surface area contributed by atoms with Crippen molar-refractivity contribution in [3.8, 4) is 6.07 Å². The van der Waals surface area contributed by atoms with E-state index in [0.717, 1.165) is 0 Å². The van der Waals surface area contributed by atoms with Gasteiger partial charge >= 0.3 is 0 Å². The number of aromatic nitrogens is 1. The first-order valence-electron chi connectivity index (χ1n) is 3.72. The first kappa shape index (κ1) is 10.8. The molecule has 0 aliphatic carbocycles. The van der Waals surface area contributed by atoms with E-state index in [0.29, 0.717) is 6.20 Å². The quantitative estimate of drug-likeness (QED) is 0.737. The van der Waals surface area contributed by atoms with Crippen LogP contribution in [0.15, 0.2) is 11.0 Å². The molecule has 1 amide bonds. The number of alkyl halides is 2. The number of nitrogens with one attached hydrogen (secondary N) is 1. The number of aromatic amines is 1. The standard InChI is InChI=1S/C8H5F2N3O2/c9-7(10)3-2-13-4(1-11)5(6(3)14)8(12)15/h2,7H,(H2,12,15)(H,13,14). The number of rotatable bonds is 2. The van der Waals surface area contributed by atoms with E-state index in [1.165, 1.54) is 6.07 Å². The van der Waals surface area contributed by atoms with Crippen molar-refractivity contribution in [2.75, 3.05) is 0 Å². The first-order valence-corrected chi connectivity index (χ1v) is 3.72. The van der Waals surface area contributed by atoms with Crippen LogP contribution in [0.4, 0.5) is 8.78 Å². The highest BCUT2D eigenvalue weighted by molar-refractivity contribution is 5.94. The van der Waals surface area contributed by atoms with Crippen LogP contribution in [0.2, 0.25) is 0 Å². The topological polar surface area (TPSA) is 99.7 Å². The van der Waals surface area contributed by atoms with Crippen molar-refractivity contribution in [2.24, 2.45) is 5.73 Å². The fourth-order valence-electron chi connectivity index (χ4n) is 1.03. The average Bonchev–Trinajstić information content (AvgIpc) is 2.15. The largest absolute Gasteiger partial charge is 0.365 e. The molecule has 5 nitrogen and oxygen atoms in total. The summed E-state index contributed by atoms with van der Waals surface area (Å²) in [5.74, 6) is -1.21. The highest BCUT2D eigenvalue weighted by Crippen LogP contribution is 2.14. The molecule has 0 aliphatic heterocycles. The van der Waals surface area contributed by atoms with Crippen LogP contribution in [0.5, 0.6) is 0 Å². The van der Waals surface area contributed by atoms with E-state index in [1.54, 1.807) is 0 Å². The van der Waals surface area contributed by atoms with Gasteiger partial charge in [0.25, 0.3) is 12.3 Å². The van der Waals surface area contributed by atoms with Crippen LogP contribution < -0.4 is 11.2 Å². The Hall–Kier alpha value is -2.23. The van der Waals surface area contributed by atoms with E-state index in [2.05, 4.69) is 4.98 Å². The minimum atomic E-state index is -3.03. The van der Waals surface area contributed by atoms with Gasteiger partial charge in [-0.2, -0.15) is 5.26 Å². The second kappa shape index (κ2) is 3.88. The highest BCUT2D eigenvalue weighted by atomic mass is 19.3. The molecule has 0 fully saturated rings. The van der Waals surface area contributed by atoms with Gasteiger partial charge in [0.05, 0.1) is 5.56 Å². The zero-order valence-corrected chi connectivity index (χ0v) is 7.25. The number of halogens is 2. The van der Waals surface area contributed by atoms with E-state index >= 15 is 0 Å². The Labute approximate surface area is 82.1 Å². The fraction of sp³-hybridized carbons (Fsp3) is 0.125. The predicted octanol–water partition coefficient (Wildman–Crippen LogP) is 0.283. The summed E-state index contributed by atoms with van der Waals surface area (Å²) in [4.78, 5) is 24.2. The highest BCUT2D eigenvalue weighted by Gasteiger charge is 2.20. The fourth-order valence-corrected chi connectivity index (χ4v) is 1.03. The lowest BCUT2D eigenvalue weighted by Gasteiger charge is -2.02. The van der Waals surface area contributed by atoms with Crippen molar-refractivity contribution in [1.29, 1.82) is 5.26 Å². The first-order chi connectivity index (χ1) is 6.99. The number of nitrogens with two attached hydrogens (primary N) is 1. The summed E-state index contributed by atoms with van der Waals surface area (Å²) in [6.45, 7) is 0. The third-order valence-electron chi connectivity index (χ3n) is 1.70. The summed E-state index contributed by atoms with van der Waals surface area (Å²) < 4.78 is 24.5. The Balaban J connectivity index is 3.59. The lowest BCUT2D eigenvalue weighted by Crippen LogP contribution is -2.26. The molecule has 0 aliphatic rings. The molecule has 0 bridgehead atoms. The number of H-pyrrole nitrogens is 1. The maximum absolute atomic E-state index is 12.3. The Kier molecular flexibility index (Phi) is 2.80. The second-order valence-electron chi connectivity index (χ2n) is 2.60. The SMILES string of the molecule is N#Cc1[nH]cc(C(F)F)c(=O)c1C(N)=O. The molecule has 1 aromatic rings. The summed E-state index contributed by atoms with van der Waals surface area (Å²) in [6, 6.07) is 1.48. The lowest BCUT2D eigenvalue weighted by molar-refractivity contribution is 0.0997. The van der Waals surface area contributed by atoms with Gasteiger partial charge in [0.1, 0.15) is 17.3 Å².